The molecule has 25 heavy (non-hydrogen) atoms. The molecule has 0 radical (unpaired) electrons. The van der Waals surface area contributed by atoms with Crippen molar-refractivity contribution in [3.05, 3.63) is 46.0 Å². The highest BCUT2D eigenvalue weighted by Gasteiger charge is 2.33. The number of hydrogen-bond acceptors (Lipinski definition) is 3. The molecule has 0 saturated carbocycles. The third-order valence-electron chi connectivity index (χ3n) is 3.41. The minimum Gasteiger partial charge on any atom is -0.325 e. The maximum absolute atomic E-state index is 12.8. The van der Waals surface area contributed by atoms with Crippen molar-refractivity contribution in [1.29, 1.82) is 0 Å². The number of alkyl halides is 3. The van der Waals surface area contributed by atoms with Crippen LogP contribution in [0.15, 0.2) is 24.4 Å². The van der Waals surface area contributed by atoms with Gasteiger partial charge in [-0.25, -0.2) is 4.98 Å². The molecule has 0 unspecified atom stereocenters. The highest BCUT2D eigenvalue weighted by molar-refractivity contribution is 6.31. The number of imidazole rings is 1. The van der Waals surface area contributed by atoms with Crippen molar-refractivity contribution in [2.75, 3.05) is 18.9 Å². The number of likely N-dealkylation sites (N-methyl/N-ethyl adjacent to an activating group) is 1. The van der Waals surface area contributed by atoms with Crippen LogP contribution in [0.4, 0.5) is 18.9 Å². The van der Waals surface area contributed by atoms with Crippen LogP contribution in [-0.2, 0) is 24.6 Å². The van der Waals surface area contributed by atoms with Crippen molar-refractivity contribution >= 4 is 34.8 Å². The van der Waals surface area contributed by atoms with Crippen molar-refractivity contribution in [3.63, 3.8) is 0 Å². The second kappa shape index (κ2) is 7.63. The average molecular weight is 395 g/mol. The van der Waals surface area contributed by atoms with Crippen molar-refractivity contribution < 1.29 is 18.0 Å². The van der Waals surface area contributed by atoms with Crippen molar-refractivity contribution in [3.8, 4) is 0 Å². The van der Waals surface area contributed by atoms with Gasteiger partial charge in [0.1, 0.15) is 11.0 Å². The first-order valence-corrected chi connectivity index (χ1v) is 7.84. The number of halogens is 5. The Labute approximate surface area is 152 Å². The van der Waals surface area contributed by atoms with Crippen LogP contribution >= 0.6 is 23.2 Å². The summed E-state index contributed by atoms with van der Waals surface area (Å²) in [6.45, 7) is 0.319. The van der Waals surface area contributed by atoms with Crippen LogP contribution in [-0.4, -0.2) is 34.0 Å². The summed E-state index contributed by atoms with van der Waals surface area (Å²) in [4.78, 5) is 17.8. The first-order chi connectivity index (χ1) is 11.6. The lowest BCUT2D eigenvalue weighted by Gasteiger charge is -2.17. The van der Waals surface area contributed by atoms with Gasteiger partial charge in [-0.15, -0.1) is 0 Å². The average Bonchev–Trinajstić information content (AvgIpc) is 2.80. The Morgan fingerprint density at radius 3 is 2.60 bits per heavy atom. The van der Waals surface area contributed by atoms with Gasteiger partial charge in [0.2, 0.25) is 5.91 Å². The smallest absolute Gasteiger partial charge is 0.325 e. The Morgan fingerprint density at radius 2 is 2.04 bits per heavy atom. The lowest BCUT2D eigenvalue weighted by Crippen LogP contribution is -2.30. The number of hydrogen-bond donors (Lipinski definition) is 1. The van der Waals surface area contributed by atoms with E-state index in [1.54, 1.807) is 23.6 Å². The molecular weight excluding hydrogens is 380 g/mol. The molecule has 1 heterocycles. The summed E-state index contributed by atoms with van der Waals surface area (Å²) in [6, 6.07) is 3.21. The number of carbonyl (C=O) groups is 1. The first kappa shape index (κ1) is 19.6. The van der Waals surface area contributed by atoms with E-state index in [1.807, 2.05) is 0 Å². The number of carbonyl (C=O) groups excluding carboxylic acids is 1. The van der Waals surface area contributed by atoms with Gasteiger partial charge in [-0.05, 0) is 25.2 Å². The fourth-order valence-electron chi connectivity index (χ4n) is 2.13. The van der Waals surface area contributed by atoms with Gasteiger partial charge in [0, 0.05) is 12.7 Å². The molecule has 0 bridgehead atoms. The molecule has 10 heteroatoms. The Kier molecular flexibility index (Phi) is 5.97. The number of aromatic nitrogens is 2. The second-order valence-corrected chi connectivity index (χ2v) is 6.26. The zero-order valence-electron chi connectivity index (χ0n) is 13.4. The normalized spacial score (nSPS) is 11.8. The quantitative estimate of drug-likeness (QED) is 0.838. The molecule has 0 aliphatic rings. The summed E-state index contributed by atoms with van der Waals surface area (Å²) in [5.74, 6) is 0.199. The molecule has 1 aromatic heterocycles. The van der Waals surface area contributed by atoms with Crippen molar-refractivity contribution in [2.24, 2.45) is 7.05 Å². The van der Waals surface area contributed by atoms with E-state index >= 15 is 0 Å². The molecule has 2 aromatic rings. The fourth-order valence-corrected chi connectivity index (χ4v) is 2.51. The molecule has 2 rings (SSSR count). The fraction of sp³-hybridized carbons (Fsp3) is 0.333. The zero-order valence-corrected chi connectivity index (χ0v) is 14.9. The number of nitrogens with one attached hydrogen (secondary N) is 1. The van der Waals surface area contributed by atoms with Crippen LogP contribution in [0.25, 0.3) is 0 Å². The van der Waals surface area contributed by atoms with E-state index in [-0.39, 0.29) is 12.2 Å². The molecule has 1 aromatic carbocycles. The van der Waals surface area contributed by atoms with E-state index in [0.29, 0.717) is 17.5 Å². The van der Waals surface area contributed by atoms with Crippen LogP contribution in [0.5, 0.6) is 0 Å². The Morgan fingerprint density at radius 1 is 1.36 bits per heavy atom. The molecule has 1 amide bonds. The van der Waals surface area contributed by atoms with E-state index in [0.717, 1.165) is 12.1 Å². The molecule has 0 atom stereocenters. The minimum atomic E-state index is -4.59. The van der Waals surface area contributed by atoms with Crippen molar-refractivity contribution in [1.82, 2.24) is 14.5 Å². The Bertz CT molecular complexity index is 777. The number of anilines is 1. The van der Waals surface area contributed by atoms with Crippen LogP contribution in [0.2, 0.25) is 10.2 Å². The predicted molar refractivity (Wildman–Crippen MR) is 89.6 cm³/mol. The van der Waals surface area contributed by atoms with Gasteiger partial charge < -0.3 is 9.88 Å². The van der Waals surface area contributed by atoms with Gasteiger partial charge in [-0.1, -0.05) is 23.2 Å². The molecule has 136 valence electrons. The van der Waals surface area contributed by atoms with E-state index in [9.17, 15) is 18.0 Å². The predicted octanol–water partition coefficient (Wildman–Crippen LogP) is 3.82. The number of benzene rings is 1. The maximum Gasteiger partial charge on any atom is 0.417 e. The van der Waals surface area contributed by atoms with Gasteiger partial charge in [-0.3, -0.25) is 9.69 Å². The Balaban J connectivity index is 1.99. The summed E-state index contributed by atoms with van der Waals surface area (Å²) < 4.78 is 40.2. The molecule has 0 aliphatic heterocycles. The molecule has 5 nitrogen and oxygen atoms in total. The lowest BCUT2D eigenvalue weighted by molar-refractivity contribution is -0.137. The molecule has 1 N–H and O–H groups in total. The second-order valence-electron chi connectivity index (χ2n) is 5.47. The van der Waals surface area contributed by atoms with E-state index < -0.39 is 22.7 Å². The molecule has 0 saturated heterocycles. The van der Waals surface area contributed by atoms with Gasteiger partial charge in [-0.2, -0.15) is 13.2 Å². The molecule has 0 aliphatic carbocycles. The summed E-state index contributed by atoms with van der Waals surface area (Å²) in [5.41, 5.74) is -0.974. The first-order valence-electron chi connectivity index (χ1n) is 7.09. The van der Waals surface area contributed by atoms with Crippen LogP contribution < -0.4 is 5.32 Å². The van der Waals surface area contributed by atoms with Gasteiger partial charge >= 0.3 is 6.18 Å². The standard InChI is InChI=1S/C15H15Cl2F3N4O/c1-23(7-13-21-6-12(17)24(13)2)8-14(25)22-9-3-4-11(16)10(5-9)15(18,19)20/h3-6H,7-8H2,1-2H3,(H,22,25). The van der Waals surface area contributed by atoms with Gasteiger partial charge in [0.05, 0.1) is 29.9 Å². The van der Waals surface area contributed by atoms with E-state index in [1.165, 1.54) is 12.3 Å². The molecular formula is C15H15Cl2F3N4O. The van der Waals surface area contributed by atoms with Crippen LogP contribution in [0.3, 0.4) is 0 Å². The molecule has 0 fully saturated rings. The van der Waals surface area contributed by atoms with Crippen molar-refractivity contribution in [2.45, 2.75) is 12.7 Å². The summed E-state index contributed by atoms with van der Waals surface area (Å²) >= 11 is 11.4. The minimum absolute atomic E-state index is 0.0233. The third-order valence-corrected chi connectivity index (χ3v) is 4.09. The summed E-state index contributed by atoms with van der Waals surface area (Å²) in [6.07, 6.45) is -3.09. The number of rotatable bonds is 5. The highest BCUT2D eigenvalue weighted by Crippen LogP contribution is 2.36. The highest BCUT2D eigenvalue weighted by atomic mass is 35.5. The summed E-state index contributed by atoms with van der Waals surface area (Å²) in [7, 11) is 3.43. The van der Waals surface area contributed by atoms with E-state index in [2.05, 4.69) is 10.3 Å². The van der Waals surface area contributed by atoms with Crippen LogP contribution in [0, 0.1) is 0 Å². The van der Waals surface area contributed by atoms with E-state index in [4.69, 9.17) is 23.2 Å². The lowest BCUT2D eigenvalue weighted by atomic mass is 10.2. The number of amides is 1. The van der Waals surface area contributed by atoms with Gasteiger partial charge in [0.15, 0.2) is 0 Å². The third kappa shape index (κ3) is 5.10. The Hall–Kier alpha value is -1.77. The zero-order chi connectivity index (χ0) is 18.8. The number of nitrogens with zero attached hydrogens (tertiary/aromatic N) is 3. The molecule has 0 spiro atoms. The maximum atomic E-state index is 12.8. The summed E-state index contributed by atoms with van der Waals surface area (Å²) in [5, 5.41) is 2.47. The largest absolute Gasteiger partial charge is 0.417 e. The topological polar surface area (TPSA) is 50.2 Å². The van der Waals surface area contributed by atoms with Gasteiger partial charge in [0.25, 0.3) is 0 Å². The van der Waals surface area contributed by atoms with Crippen LogP contribution in [0.1, 0.15) is 11.4 Å². The monoisotopic (exact) mass is 394 g/mol. The SMILES string of the molecule is CN(CC(=O)Nc1ccc(Cl)c(C(F)(F)F)c1)Cc1ncc(Cl)n1C.